The summed E-state index contributed by atoms with van der Waals surface area (Å²) < 4.78 is 91.2. The van der Waals surface area contributed by atoms with Crippen molar-refractivity contribution in [2.45, 2.75) is 31.1 Å². The van der Waals surface area contributed by atoms with E-state index in [2.05, 4.69) is 25.6 Å². The lowest BCUT2D eigenvalue weighted by Crippen LogP contribution is -2.44. The number of rotatable bonds is 10. The molecule has 2 aliphatic rings. The number of sulfonamides is 1. The van der Waals surface area contributed by atoms with Crippen LogP contribution in [0.25, 0.3) is 11.3 Å². The molecule has 1 aliphatic carbocycles. The summed E-state index contributed by atoms with van der Waals surface area (Å²) >= 11 is 0. The van der Waals surface area contributed by atoms with E-state index in [9.17, 15) is 17.2 Å². The van der Waals surface area contributed by atoms with Crippen molar-refractivity contribution in [2.24, 2.45) is 11.8 Å². The van der Waals surface area contributed by atoms with Crippen LogP contribution in [0.5, 0.6) is 11.6 Å². The number of piperidine rings is 1. The normalized spacial score (nSPS) is 18.5. The molecule has 0 amide bonds. The quantitative estimate of drug-likeness (QED) is 0.153. The van der Waals surface area contributed by atoms with Crippen LogP contribution in [-0.4, -0.2) is 42.5 Å². The number of nitrogens with zero attached hydrogens (tertiary/aromatic N) is 3. The highest BCUT2D eigenvalue weighted by atomic mass is 32.2. The number of anilines is 2. The van der Waals surface area contributed by atoms with Gasteiger partial charge in [-0.15, -0.1) is 0 Å². The average Bonchev–Trinajstić information content (AvgIpc) is 3.86. The molecule has 4 aromatic rings. The summed E-state index contributed by atoms with van der Waals surface area (Å²) in [5.41, 5.74) is -0.831. The van der Waals surface area contributed by atoms with Crippen molar-refractivity contribution in [3.63, 3.8) is 0 Å². The number of nitrogens with one attached hydrogen (secondary N) is 3. The summed E-state index contributed by atoms with van der Waals surface area (Å²) in [5, 5.41) is 6.81. The molecule has 1 aliphatic heterocycles. The predicted octanol–water partition coefficient (Wildman–Crippen LogP) is 5.63. The Labute approximate surface area is 251 Å². The zero-order valence-corrected chi connectivity index (χ0v) is 24.1. The van der Waals surface area contributed by atoms with Gasteiger partial charge >= 0.3 is 0 Å². The molecule has 2 aromatic heterocycles. The summed E-state index contributed by atoms with van der Waals surface area (Å²) in [7, 11) is -4.52. The van der Waals surface area contributed by atoms with E-state index in [1.165, 1.54) is 43.4 Å². The number of halogens is 4. The maximum atomic E-state index is 15.1. The average molecular weight is 629 g/mol. The van der Waals surface area contributed by atoms with Crippen molar-refractivity contribution in [1.82, 2.24) is 20.3 Å². The molecular formula is C30H28F4N6O3S. The maximum Gasteiger partial charge on any atom is 0.237 e. The third-order valence-corrected chi connectivity index (χ3v) is 8.81. The van der Waals surface area contributed by atoms with Crippen LogP contribution in [-0.2, 0) is 15.8 Å². The molecule has 3 N–H and O–H groups in total. The fourth-order valence-corrected chi connectivity index (χ4v) is 6.51. The summed E-state index contributed by atoms with van der Waals surface area (Å²) in [6.45, 7) is 1.77. The molecule has 1 unspecified atom stereocenters. The van der Waals surface area contributed by atoms with Gasteiger partial charge in [0.25, 0.3) is 0 Å². The van der Waals surface area contributed by atoms with Crippen LogP contribution in [0.4, 0.5) is 29.2 Å². The largest absolute Gasteiger partial charge is 0.435 e. The first-order valence-electron chi connectivity index (χ1n) is 14.0. The molecule has 2 aromatic carbocycles. The van der Waals surface area contributed by atoms with Crippen LogP contribution in [0.3, 0.4) is 0 Å². The van der Waals surface area contributed by atoms with Crippen LogP contribution in [0, 0.1) is 35.1 Å². The molecule has 1 saturated carbocycles. The molecule has 0 radical (unpaired) electrons. The lowest BCUT2D eigenvalue weighted by molar-refractivity contribution is 0.321. The Balaban J connectivity index is 1.21. The van der Waals surface area contributed by atoms with Gasteiger partial charge in [-0.05, 0) is 61.9 Å². The second-order valence-electron chi connectivity index (χ2n) is 10.9. The Morgan fingerprint density at radius 2 is 1.73 bits per heavy atom. The number of aromatic nitrogens is 3. The second-order valence-corrected chi connectivity index (χ2v) is 12.6. The first kappa shape index (κ1) is 29.8. The monoisotopic (exact) mass is 628 g/mol. The molecule has 44 heavy (non-hydrogen) atoms. The fraction of sp³-hybridized carbons (Fsp3) is 0.300. The van der Waals surface area contributed by atoms with Gasteiger partial charge in [-0.1, -0.05) is 18.2 Å². The van der Waals surface area contributed by atoms with Crippen LogP contribution < -0.4 is 20.1 Å². The maximum absolute atomic E-state index is 15.1. The Morgan fingerprint density at radius 3 is 2.52 bits per heavy atom. The van der Waals surface area contributed by atoms with Gasteiger partial charge in [0.1, 0.15) is 11.5 Å². The molecule has 14 heteroatoms. The number of ether oxygens (including phenoxy) is 1. The highest BCUT2D eigenvalue weighted by Gasteiger charge is 2.35. The molecule has 2 fully saturated rings. The zero-order chi connectivity index (χ0) is 30.8. The van der Waals surface area contributed by atoms with E-state index in [0.717, 1.165) is 31.5 Å². The van der Waals surface area contributed by atoms with Gasteiger partial charge in [0.15, 0.2) is 17.4 Å². The first-order valence-corrected chi connectivity index (χ1v) is 15.7. The summed E-state index contributed by atoms with van der Waals surface area (Å²) in [4.78, 5) is 13.0. The van der Waals surface area contributed by atoms with Crippen molar-refractivity contribution in [2.75, 3.05) is 23.1 Å². The topological polar surface area (TPSA) is 118 Å². The molecule has 1 saturated heterocycles. The third-order valence-electron chi connectivity index (χ3n) is 7.60. The fourth-order valence-electron chi connectivity index (χ4n) is 5.30. The van der Waals surface area contributed by atoms with Gasteiger partial charge in [0.2, 0.25) is 27.7 Å². The molecule has 0 bridgehead atoms. The predicted molar refractivity (Wildman–Crippen MR) is 155 cm³/mol. The smallest absolute Gasteiger partial charge is 0.237 e. The number of hydrogen-bond donors (Lipinski definition) is 3. The van der Waals surface area contributed by atoms with Crippen molar-refractivity contribution in [3.05, 3.63) is 89.8 Å². The van der Waals surface area contributed by atoms with E-state index < -0.39 is 50.5 Å². The summed E-state index contributed by atoms with van der Waals surface area (Å²) in [6.07, 6.45) is 6.41. The Kier molecular flexibility index (Phi) is 8.36. The minimum atomic E-state index is -4.52. The van der Waals surface area contributed by atoms with E-state index in [4.69, 9.17) is 4.74 Å². The van der Waals surface area contributed by atoms with Crippen molar-refractivity contribution >= 4 is 21.7 Å². The van der Waals surface area contributed by atoms with Gasteiger partial charge in [-0.3, -0.25) is 4.72 Å². The Morgan fingerprint density at radius 1 is 0.909 bits per heavy atom. The number of hydrogen-bond acceptors (Lipinski definition) is 8. The summed E-state index contributed by atoms with van der Waals surface area (Å²) in [6, 6.07) is 10.4. The second kappa shape index (κ2) is 12.4. The standard InChI is InChI=1S/C30H28F4N6O3S/c31-22-6-2-1-4-18(22)16-44(41,42)40-28-23(32)13-25(26(33)27(28)34)43-29-21(5-3-10-36-29)24-9-11-37-30(39-24)38-20-12-19(14-35-15-20)17-7-8-17/h1-6,9-11,13,17,19-20,35,40H,7-8,12,14-16H2,(H,37,38,39)/t19?,20-/m0/s1. The minimum absolute atomic E-state index is 0.136. The van der Waals surface area contributed by atoms with Gasteiger partial charge in [-0.25, -0.2) is 36.5 Å². The van der Waals surface area contributed by atoms with Crippen LogP contribution >= 0.6 is 0 Å². The van der Waals surface area contributed by atoms with E-state index in [1.807, 2.05) is 0 Å². The lowest BCUT2D eigenvalue weighted by Gasteiger charge is -2.30. The molecule has 2 atom stereocenters. The molecular weight excluding hydrogens is 600 g/mol. The number of pyridine rings is 1. The van der Waals surface area contributed by atoms with Gasteiger partial charge in [-0.2, -0.15) is 4.39 Å². The van der Waals surface area contributed by atoms with Crippen molar-refractivity contribution in [3.8, 4) is 22.9 Å². The highest BCUT2D eigenvalue weighted by Crippen LogP contribution is 2.40. The third kappa shape index (κ3) is 6.76. The van der Waals surface area contributed by atoms with E-state index in [-0.39, 0.29) is 17.5 Å². The van der Waals surface area contributed by atoms with E-state index in [0.29, 0.717) is 29.2 Å². The Bertz CT molecular complexity index is 1790. The minimum Gasteiger partial charge on any atom is -0.435 e. The van der Waals surface area contributed by atoms with Gasteiger partial charge in [0, 0.05) is 36.6 Å². The van der Waals surface area contributed by atoms with E-state index in [1.54, 1.807) is 22.9 Å². The van der Waals surface area contributed by atoms with Crippen molar-refractivity contribution < 1.29 is 30.7 Å². The molecule has 9 nitrogen and oxygen atoms in total. The highest BCUT2D eigenvalue weighted by molar-refractivity contribution is 7.91. The van der Waals surface area contributed by atoms with Crippen LogP contribution in [0.2, 0.25) is 0 Å². The molecule has 230 valence electrons. The van der Waals surface area contributed by atoms with Crippen LogP contribution in [0.1, 0.15) is 24.8 Å². The van der Waals surface area contributed by atoms with Gasteiger partial charge in [0.05, 0.1) is 17.0 Å². The van der Waals surface area contributed by atoms with E-state index >= 15 is 8.78 Å². The molecule has 6 rings (SSSR count). The SMILES string of the molecule is O=S(=O)(Cc1ccccc1F)Nc1c(F)cc(Oc2ncccc2-c2ccnc(N[C@@H]3CNCC(C4CC4)C3)n2)c(F)c1F. The van der Waals surface area contributed by atoms with Crippen molar-refractivity contribution in [1.29, 1.82) is 0 Å². The number of benzene rings is 2. The zero-order valence-electron chi connectivity index (χ0n) is 23.2. The van der Waals surface area contributed by atoms with Gasteiger partial charge < -0.3 is 15.4 Å². The molecule has 3 heterocycles. The first-order chi connectivity index (χ1) is 21.2. The molecule has 0 spiro atoms. The van der Waals surface area contributed by atoms with Crippen LogP contribution in [0.15, 0.2) is 60.9 Å². The Hall–Kier alpha value is -4.30. The lowest BCUT2D eigenvalue weighted by atomic mass is 9.91. The summed E-state index contributed by atoms with van der Waals surface area (Å²) in [5.74, 6) is -6.03.